The van der Waals surface area contributed by atoms with Gasteiger partial charge in [-0.05, 0) is 29.5 Å². The third kappa shape index (κ3) is 2.25. The minimum absolute atomic E-state index is 0.0200. The summed E-state index contributed by atoms with van der Waals surface area (Å²) < 4.78 is 5.24. The Morgan fingerprint density at radius 3 is 2.85 bits per heavy atom. The van der Waals surface area contributed by atoms with Crippen molar-refractivity contribution in [3.63, 3.8) is 0 Å². The number of fused-ring (bicyclic) bond motifs is 1. The summed E-state index contributed by atoms with van der Waals surface area (Å²) in [5.74, 6) is -0.206. The van der Waals surface area contributed by atoms with Gasteiger partial charge in [-0.1, -0.05) is 35.5 Å². The molecular formula is C20H19N3O4. The molecule has 1 aliphatic carbocycles. The molecule has 2 aromatic heterocycles. The van der Waals surface area contributed by atoms with Gasteiger partial charge in [-0.15, -0.1) is 0 Å². The van der Waals surface area contributed by atoms with E-state index in [0.29, 0.717) is 17.6 Å². The summed E-state index contributed by atoms with van der Waals surface area (Å²) in [4.78, 5) is 18.7. The highest BCUT2D eigenvalue weighted by Crippen LogP contribution is 2.68. The molecule has 3 aromatic rings. The van der Waals surface area contributed by atoms with Gasteiger partial charge < -0.3 is 19.6 Å². The molecule has 138 valence electrons. The zero-order valence-electron chi connectivity index (χ0n) is 14.5. The normalized spacial score (nSPS) is 29.6. The molecule has 0 radical (unpaired) electrons. The van der Waals surface area contributed by atoms with Gasteiger partial charge in [0, 0.05) is 31.3 Å². The second-order valence-corrected chi connectivity index (χ2v) is 7.38. The average Bonchev–Trinajstić information content (AvgIpc) is 2.96. The number of amides is 1. The summed E-state index contributed by atoms with van der Waals surface area (Å²) in [6, 6.07) is 13.3. The molecule has 1 spiro atoms. The number of carbonyl (C=O) groups is 1. The number of likely N-dealkylation sites (tertiary alicyclic amines) is 1. The molecule has 1 aromatic carbocycles. The Bertz CT molecular complexity index is 1000. The molecule has 27 heavy (non-hydrogen) atoms. The quantitative estimate of drug-likeness (QED) is 0.728. The van der Waals surface area contributed by atoms with Crippen LogP contribution in [0.4, 0.5) is 0 Å². The molecular weight excluding hydrogens is 346 g/mol. The number of benzene rings is 1. The van der Waals surface area contributed by atoms with Crippen LogP contribution in [-0.4, -0.2) is 57.0 Å². The van der Waals surface area contributed by atoms with Crippen LogP contribution in [0.15, 0.2) is 53.2 Å². The zero-order chi connectivity index (χ0) is 18.6. The zero-order valence-corrected chi connectivity index (χ0v) is 14.5. The first kappa shape index (κ1) is 16.4. The third-order valence-corrected chi connectivity index (χ3v) is 6.13. The second-order valence-electron chi connectivity index (χ2n) is 7.38. The SMILES string of the molecule is O=C(c1onc2ncccc12)N1C[C@@H](O)[C@@]2(C1)[C@H](CO)[C@H]2c1ccccc1. The van der Waals surface area contributed by atoms with Gasteiger partial charge in [0.05, 0.1) is 11.5 Å². The number of rotatable bonds is 3. The fourth-order valence-electron chi connectivity index (χ4n) is 4.81. The lowest BCUT2D eigenvalue weighted by Crippen LogP contribution is -2.29. The molecule has 1 saturated heterocycles. The van der Waals surface area contributed by atoms with Gasteiger partial charge in [0.15, 0.2) is 0 Å². The summed E-state index contributed by atoms with van der Waals surface area (Å²) in [6.45, 7) is 0.565. The monoisotopic (exact) mass is 365 g/mol. The Morgan fingerprint density at radius 2 is 2.07 bits per heavy atom. The van der Waals surface area contributed by atoms with E-state index in [1.165, 1.54) is 0 Å². The van der Waals surface area contributed by atoms with Gasteiger partial charge in [0.1, 0.15) is 0 Å². The first-order valence-electron chi connectivity index (χ1n) is 9.00. The number of nitrogens with zero attached hydrogens (tertiary/aromatic N) is 3. The minimum Gasteiger partial charge on any atom is -0.396 e. The van der Waals surface area contributed by atoms with Crippen molar-refractivity contribution < 1.29 is 19.5 Å². The van der Waals surface area contributed by atoms with Crippen LogP contribution in [0.25, 0.3) is 11.0 Å². The first-order chi connectivity index (χ1) is 13.2. The molecule has 1 amide bonds. The van der Waals surface area contributed by atoms with E-state index in [9.17, 15) is 15.0 Å². The van der Waals surface area contributed by atoms with Crippen molar-refractivity contribution >= 4 is 16.9 Å². The topological polar surface area (TPSA) is 99.7 Å². The van der Waals surface area contributed by atoms with Crippen molar-refractivity contribution in [3.05, 3.63) is 60.0 Å². The van der Waals surface area contributed by atoms with Gasteiger partial charge in [0.25, 0.3) is 5.91 Å². The molecule has 7 nitrogen and oxygen atoms in total. The number of carbonyl (C=O) groups excluding carboxylic acids is 1. The molecule has 2 N–H and O–H groups in total. The summed E-state index contributed by atoms with van der Waals surface area (Å²) in [6.07, 6.45) is 0.893. The fourth-order valence-corrected chi connectivity index (χ4v) is 4.81. The van der Waals surface area contributed by atoms with Crippen molar-refractivity contribution in [1.29, 1.82) is 0 Å². The summed E-state index contributed by atoms with van der Waals surface area (Å²) in [5.41, 5.74) is 0.955. The van der Waals surface area contributed by atoms with Crippen LogP contribution in [0.5, 0.6) is 0 Å². The first-order valence-corrected chi connectivity index (χ1v) is 9.00. The molecule has 7 heteroatoms. The van der Waals surface area contributed by atoms with E-state index < -0.39 is 11.5 Å². The number of β-amino-alcohol motifs (C(OH)–C–C–N with tert-alkyl or cyclic N) is 1. The van der Waals surface area contributed by atoms with Crippen molar-refractivity contribution in [2.75, 3.05) is 19.7 Å². The molecule has 0 bridgehead atoms. The predicted octanol–water partition coefficient (Wildman–Crippen LogP) is 1.43. The average molecular weight is 365 g/mol. The molecule has 1 saturated carbocycles. The Balaban J connectivity index is 1.45. The van der Waals surface area contributed by atoms with Crippen LogP contribution >= 0.6 is 0 Å². The van der Waals surface area contributed by atoms with Crippen molar-refractivity contribution in [2.45, 2.75) is 12.0 Å². The van der Waals surface area contributed by atoms with Crippen molar-refractivity contribution in [2.24, 2.45) is 11.3 Å². The van der Waals surface area contributed by atoms with Crippen LogP contribution in [0, 0.1) is 11.3 Å². The maximum Gasteiger partial charge on any atom is 0.293 e. The van der Waals surface area contributed by atoms with Crippen LogP contribution in [0.3, 0.4) is 0 Å². The minimum atomic E-state index is -0.698. The molecule has 5 rings (SSSR count). The summed E-state index contributed by atoms with van der Waals surface area (Å²) >= 11 is 0. The largest absolute Gasteiger partial charge is 0.396 e. The number of aliphatic hydroxyl groups is 2. The molecule has 0 unspecified atom stereocenters. The lowest BCUT2D eigenvalue weighted by atomic mass is 9.95. The van der Waals surface area contributed by atoms with E-state index in [2.05, 4.69) is 10.1 Å². The maximum absolute atomic E-state index is 13.0. The van der Waals surface area contributed by atoms with Gasteiger partial charge in [-0.3, -0.25) is 4.79 Å². The van der Waals surface area contributed by atoms with Gasteiger partial charge in [0.2, 0.25) is 11.4 Å². The van der Waals surface area contributed by atoms with E-state index in [4.69, 9.17) is 4.52 Å². The molecule has 2 aliphatic rings. The Hall–Kier alpha value is -2.77. The number of pyridine rings is 1. The van der Waals surface area contributed by atoms with Crippen molar-refractivity contribution in [1.82, 2.24) is 15.0 Å². The van der Waals surface area contributed by atoms with Gasteiger partial charge >= 0.3 is 0 Å². The number of aromatic nitrogens is 2. The van der Waals surface area contributed by atoms with Crippen LogP contribution in [0.1, 0.15) is 22.0 Å². The number of aliphatic hydroxyl groups excluding tert-OH is 2. The van der Waals surface area contributed by atoms with Gasteiger partial charge in [-0.25, -0.2) is 4.98 Å². The standard InChI is InChI=1S/C20H19N3O4/c24-10-14-16(12-5-2-1-3-6-12)20(14)11-23(9-15(20)25)19(26)17-13-7-4-8-21-18(13)22-27-17/h1-8,14-16,24-25H,9-11H2/t14-,15-,16-,20-/m1/s1. The molecule has 2 fully saturated rings. The third-order valence-electron chi connectivity index (χ3n) is 6.13. The molecule has 3 heterocycles. The van der Waals surface area contributed by atoms with Crippen LogP contribution in [-0.2, 0) is 0 Å². The number of hydrogen-bond acceptors (Lipinski definition) is 6. The summed E-state index contributed by atoms with van der Waals surface area (Å²) in [7, 11) is 0. The Kier molecular flexibility index (Phi) is 3.57. The predicted molar refractivity (Wildman–Crippen MR) is 95.9 cm³/mol. The lowest BCUT2D eigenvalue weighted by molar-refractivity contribution is 0.0726. The maximum atomic E-state index is 13.0. The Labute approximate surface area is 155 Å². The second kappa shape index (κ2) is 5.87. The fraction of sp³-hybridized carbons (Fsp3) is 0.350. The van der Waals surface area contributed by atoms with E-state index >= 15 is 0 Å². The summed E-state index contributed by atoms with van der Waals surface area (Å²) in [5, 5.41) is 25.1. The van der Waals surface area contributed by atoms with E-state index in [0.717, 1.165) is 5.56 Å². The smallest absolute Gasteiger partial charge is 0.293 e. The Morgan fingerprint density at radius 1 is 1.26 bits per heavy atom. The molecule has 4 atom stereocenters. The highest BCUT2D eigenvalue weighted by atomic mass is 16.5. The highest BCUT2D eigenvalue weighted by molar-refractivity contribution is 6.02. The van der Waals surface area contributed by atoms with Crippen molar-refractivity contribution in [3.8, 4) is 0 Å². The highest BCUT2D eigenvalue weighted by Gasteiger charge is 2.71. The van der Waals surface area contributed by atoms with E-state index in [-0.39, 0.29) is 36.7 Å². The van der Waals surface area contributed by atoms with Crippen LogP contribution < -0.4 is 0 Å². The van der Waals surface area contributed by atoms with E-state index in [1.807, 2.05) is 30.3 Å². The van der Waals surface area contributed by atoms with Gasteiger partial charge in [-0.2, -0.15) is 0 Å². The number of hydrogen-bond donors (Lipinski definition) is 2. The molecule has 1 aliphatic heterocycles. The lowest BCUT2D eigenvalue weighted by Gasteiger charge is -2.15. The van der Waals surface area contributed by atoms with Crippen LogP contribution in [0.2, 0.25) is 0 Å². The van der Waals surface area contributed by atoms with E-state index in [1.54, 1.807) is 23.2 Å².